The van der Waals surface area contributed by atoms with E-state index in [1.807, 2.05) is 13.1 Å². The van der Waals surface area contributed by atoms with Crippen molar-refractivity contribution >= 4 is 12.1 Å². The number of nitrogens with zero attached hydrogens (tertiary/aromatic N) is 1. The Morgan fingerprint density at radius 2 is 2.38 bits per heavy atom. The Kier molecular flexibility index (Phi) is 5.19. The summed E-state index contributed by atoms with van der Waals surface area (Å²) in [5.41, 5.74) is 1.08. The summed E-state index contributed by atoms with van der Waals surface area (Å²) in [5, 5.41) is 16.6. The number of carbonyl (C=O) groups is 1. The molecule has 4 heteroatoms. The van der Waals surface area contributed by atoms with E-state index in [2.05, 4.69) is 0 Å². The van der Waals surface area contributed by atoms with Crippen molar-refractivity contribution in [2.24, 2.45) is 0 Å². The lowest BCUT2D eigenvalue weighted by atomic mass is 10.1. The number of aliphatic hydroxyl groups excluding tert-OH is 1. The van der Waals surface area contributed by atoms with E-state index >= 15 is 0 Å². The fraction of sp³-hybridized carbons (Fsp3) is 0.667. The van der Waals surface area contributed by atoms with Gasteiger partial charge >= 0.3 is 0 Å². The predicted molar refractivity (Wildman–Crippen MR) is 63.3 cm³/mol. The second kappa shape index (κ2) is 6.43. The Bertz CT molecular complexity index is 287. The van der Waals surface area contributed by atoms with Crippen LogP contribution in [-0.4, -0.2) is 34.8 Å². The van der Waals surface area contributed by atoms with E-state index in [0.717, 1.165) is 12.0 Å². The van der Waals surface area contributed by atoms with Crippen molar-refractivity contribution in [2.45, 2.75) is 45.1 Å². The van der Waals surface area contributed by atoms with Gasteiger partial charge in [-0.1, -0.05) is 6.92 Å². The predicted octanol–water partition coefficient (Wildman–Crippen LogP) is 1.69. The molecule has 16 heavy (non-hydrogen) atoms. The Labute approximate surface area is 96.5 Å². The van der Waals surface area contributed by atoms with Crippen LogP contribution in [0.2, 0.25) is 0 Å². The maximum absolute atomic E-state index is 11.7. The molecule has 1 aliphatic heterocycles. The second-order valence-corrected chi connectivity index (χ2v) is 4.12. The first-order chi connectivity index (χ1) is 7.67. The highest BCUT2D eigenvalue weighted by Crippen LogP contribution is 2.15. The minimum Gasteiger partial charge on any atom is -0.393 e. The standard InChI is InChI=1S/C12H20N2O2/c1-2-10(5-7-13)9-14-8-6-11(15)3-4-12(14)16/h7,9,11,13,15H,2-6,8H2,1H3/b10-9+,13-7?. The second-order valence-electron chi connectivity index (χ2n) is 4.12. The maximum atomic E-state index is 11.7. The highest BCUT2D eigenvalue weighted by molar-refractivity contribution is 5.77. The topological polar surface area (TPSA) is 64.4 Å². The minimum atomic E-state index is -0.352. The zero-order chi connectivity index (χ0) is 12.0. The van der Waals surface area contributed by atoms with Gasteiger partial charge in [-0.05, 0) is 31.1 Å². The molecule has 1 rings (SSSR count). The smallest absolute Gasteiger partial charge is 0.226 e. The summed E-state index contributed by atoms with van der Waals surface area (Å²) >= 11 is 0. The van der Waals surface area contributed by atoms with Gasteiger partial charge in [0.25, 0.3) is 0 Å². The molecular formula is C12H20N2O2. The van der Waals surface area contributed by atoms with Gasteiger partial charge < -0.3 is 15.4 Å². The summed E-state index contributed by atoms with van der Waals surface area (Å²) in [6.07, 6.45) is 5.93. The summed E-state index contributed by atoms with van der Waals surface area (Å²) in [6.45, 7) is 2.61. The highest BCUT2D eigenvalue weighted by atomic mass is 16.3. The van der Waals surface area contributed by atoms with Crippen LogP contribution in [0, 0.1) is 5.41 Å². The molecule has 0 saturated carbocycles. The van der Waals surface area contributed by atoms with Gasteiger partial charge in [0.1, 0.15) is 0 Å². The lowest BCUT2D eigenvalue weighted by Crippen LogP contribution is -2.25. The number of hydrogen-bond donors (Lipinski definition) is 2. The van der Waals surface area contributed by atoms with Crippen molar-refractivity contribution in [2.75, 3.05) is 6.54 Å². The fourth-order valence-corrected chi connectivity index (χ4v) is 1.77. The van der Waals surface area contributed by atoms with Crippen LogP contribution in [-0.2, 0) is 4.79 Å². The number of allylic oxidation sites excluding steroid dienone is 1. The van der Waals surface area contributed by atoms with Gasteiger partial charge in [0.05, 0.1) is 6.10 Å². The molecule has 0 aromatic heterocycles. The molecule has 0 aromatic carbocycles. The largest absolute Gasteiger partial charge is 0.393 e. The number of amides is 1. The minimum absolute atomic E-state index is 0.0764. The van der Waals surface area contributed by atoms with Gasteiger partial charge in [-0.25, -0.2) is 0 Å². The molecule has 0 aromatic rings. The summed E-state index contributed by atoms with van der Waals surface area (Å²) in [4.78, 5) is 13.4. The lowest BCUT2D eigenvalue weighted by molar-refractivity contribution is -0.128. The summed E-state index contributed by atoms with van der Waals surface area (Å²) < 4.78 is 0. The number of hydrogen-bond acceptors (Lipinski definition) is 3. The molecule has 4 nitrogen and oxygen atoms in total. The van der Waals surface area contributed by atoms with E-state index in [1.165, 1.54) is 6.21 Å². The zero-order valence-corrected chi connectivity index (χ0v) is 9.78. The van der Waals surface area contributed by atoms with Gasteiger partial charge in [0.2, 0.25) is 5.91 Å². The number of carbonyl (C=O) groups excluding carboxylic acids is 1. The number of nitrogens with one attached hydrogen (secondary N) is 1. The van der Waals surface area contributed by atoms with Crippen LogP contribution in [0.1, 0.15) is 39.0 Å². The average Bonchev–Trinajstić information content (AvgIpc) is 2.43. The van der Waals surface area contributed by atoms with Crippen molar-refractivity contribution in [3.05, 3.63) is 11.8 Å². The van der Waals surface area contributed by atoms with Gasteiger partial charge in [-0.2, -0.15) is 0 Å². The molecule has 0 spiro atoms. The highest BCUT2D eigenvalue weighted by Gasteiger charge is 2.19. The number of likely N-dealkylation sites (tertiary alicyclic amines) is 1. The van der Waals surface area contributed by atoms with E-state index in [9.17, 15) is 9.90 Å². The molecule has 1 unspecified atom stereocenters. The van der Waals surface area contributed by atoms with Crippen LogP contribution in [0.3, 0.4) is 0 Å². The molecule has 1 heterocycles. The molecule has 0 aliphatic carbocycles. The Hall–Kier alpha value is -1.16. The van der Waals surface area contributed by atoms with Crippen LogP contribution in [0.25, 0.3) is 0 Å². The van der Waals surface area contributed by atoms with E-state index in [4.69, 9.17) is 5.41 Å². The van der Waals surface area contributed by atoms with E-state index in [0.29, 0.717) is 32.2 Å². The van der Waals surface area contributed by atoms with Crippen LogP contribution in [0.5, 0.6) is 0 Å². The maximum Gasteiger partial charge on any atom is 0.226 e. The van der Waals surface area contributed by atoms with Crippen LogP contribution in [0.15, 0.2) is 11.8 Å². The SMILES string of the molecule is CC/C(=C\N1CCC(O)CCC1=O)CC=N. The number of rotatable bonds is 4. The zero-order valence-electron chi connectivity index (χ0n) is 9.78. The molecule has 0 radical (unpaired) electrons. The Balaban J connectivity index is 2.69. The van der Waals surface area contributed by atoms with Gasteiger partial charge in [-0.15, -0.1) is 0 Å². The molecule has 1 amide bonds. The van der Waals surface area contributed by atoms with Crippen LogP contribution >= 0.6 is 0 Å². The van der Waals surface area contributed by atoms with Crippen LogP contribution in [0.4, 0.5) is 0 Å². The first-order valence-electron chi connectivity index (χ1n) is 5.83. The lowest BCUT2D eigenvalue weighted by Gasteiger charge is -2.17. The monoisotopic (exact) mass is 224 g/mol. The first-order valence-corrected chi connectivity index (χ1v) is 5.83. The van der Waals surface area contributed by atoms with Crippen molar-refractivity contribution in [1.29, 1.82) is 5.41 Å². The van der Waals surface area contributed by atoms with Crippen molar-refractivity contribution in [3.8, 4) is 0 Å². The molecule has 1 fully saturated rings. The molecule has 1 atom stereocenters. The average molecular weight is 224 g/mol. The third kappa shape index (κ3) is 3.77. The summed E-state index contributed by atoms with van der Waals surface area (Å²) in [5.74, 6) is 0.0764. The van der Waals surface area contributed by atoms with Crippen LogP contribution < -0.4 is 0 Å². The molecule has 1 aliphatic rings. The molecule has 1 saturated heterocycles. The normalized spacial score (nSPS) is 23.1. The quantitative estimate of drug-likeness (QED) is 0.714. The van der Waals surface area contributed by atoms with E-state index in [1.54, 1.807) is 4.90 Å². The summed E-state index contributed by atoms with van der Waals surface area (Å²) in [7, 11) is 0. The molecule has 90 valence electrons. The molecular weight excluding hydrogens is 204 g/mol. The van der Waals surface area contributed by atoms with Gasteiger partial charge in [-0.3, -0.25) is 4.79 Å². The van der Waals surface area contributed by atoms with Crippen molar-refractivity contribution in [3.63, 3.8) is 0 Å². The third-order valence-corrected chi connectivity index (χ3v) is 2.87. The van der Waals surface area contributed by atoms with Crippen molar-refractivity contribution < 1.29 is 9.90 Å². The number of aliphatic hydroxyl groups is 1. The van der Waals surface area contributed by atoms with E-state index < -0.39 is 0 Å². The fourth-order valence-electron chi connectivity index (χ4n) is 1.77. The molecule has 0 bridgehead atoms. The van der Waals surface area contributed by atoms with Crippen molar-refractivity contribution in [1.82, 2.24) is 4.90 Å². The Morgan fingerprint density at radius 1 is 1.62 bits per heavy atom. The van der Waals surface area contributed by atoms with E-state index in [-0.39, 0.29) is 12.0 Å². The van der Waals surface area contributed by atoms with Gasteiger partial charge in [0, 0.05) is 25.6 Å². The Morgan fingerprint density at radius 3 is 3.00 bits per heavy atom. The van der Waals surface area contributed by atoms with Gasteiger partial charge in [0.15, 0.2) is 0 Å². The third-order valence-electron chi connectivity index (χ3n) is 2.87. The molecule has 2 N–H and O–H groups in total. The summed E-state index contributed by atoms with van der Waals surface area (Å²) in [6, 6.07) is 0. The first kappa shape index (κ1) is 12.9.